The number of amides is 4. The summed E-state index contributed by atoms with van der Waals surface area (Å²) in [6, 6.07) is 12.0. The number of carbonyl (C=O) groups excluding carboxylic acids is 4. The van der Waals surface area contributed by atoms with Gasteiger partial charge in [-0.3, -0.25) is 9.69 Å². The van der Waals surface area contributed by atoms with Crippen LogP contribution in [0.3, 0.4) is 0 Å². The van der Waals surface area contributed by atoms with Gasteiger partial charge in [0.15, 0.2) is 6.10 Å². The zero-order valence-corrected chi connectivity index (χ0v) is 33.0. The number of urea groups is 1. The predicted octanol–water partition coefficient (Wildman–Crippen LogP) is 6.03. The Kier molecular flexibility index (Phi) is 12.6. The fourth-order valence-electron chi connectivity index (χ4n) is 8.03. The molecule has 13 nitrogen and oxygen atoms in total. The highest BCUT2D eigenvalue weighted by molar-refractivity contribution is 6.32. The summed E-state index contributed by atoms with van der Waals surface area (Å²) in [5, 5.41) is 5.38. The number of fused-ring (bicyclic) bond motifs is 1. The molecule has 0 saturated carbocycles. The summed E-state index contributed by atoms with van der Waals surface area (Å²) < 4.78 is 11.4. The van der Waals surface area contributed by atoms with E-state index in [9.17, 15) is 19.2 Å². The Morgan fingerprint density at radius 3 is 2.11 bits per heavy atom. The average Bonchev–Trinajstić information content (AvgIpc) is 3.31. The average molecular weight is 767 g/mol. The van der Waals surface area contributed by atoms with Crippen molar-refractivity contribution in [3.63, 3.8) is 0 Å². The molecule has 0 aliphatic carbocycles. The fraction of sp³-hybridized carbons (Fsp3) is 0.600. The molecule has 2 aromatic rings. The number of piperazine rings is 1. The lowest BCUT2D eigenvalue weighted by Gasteiger charge is -2.42. The zero-order valence-electron chi connectivity index (χ0n) is 32.3. The number of hydroxylamine groups is 2. The van der Waals surface area contributed by atoms with E-state index >= 15 is 0 Å². The first-order valence-corrected chi connectivity index (χ1v) is 19.7. The lowest BCUT2D eigenvalue weighted by Crippen LogP contribution is -2.55. The maximum Gasteiger partial charge on any atom is 0.528 e. The molecule has 4 heterocycles. The van der Waals surface area contributed by atoms with Crippen LogP contribution in [-0.4, -0.2) is 132 Å². The molecule has 2 aromatic carbocycles. The van der Waals surface area contributed by atoms with Gasteiger partial charge in [0, 0.05) is 88.1 Å². The smallest absolute Gasteiger partial charge is 0.436 e. The maximum absolute atomic E-state index is 14.2. The van der Waals surface area contributed by atoms with Crippen LogP contribution in [-0.2, 0) is 31.9 Å². The first-order chi connectivity index (χ1) is 25.7. The van der Waals surface area contributed by atoms with Crippen molar-refractivity contribution < 1.29 is 33.5 Å². The van der Waals surface area contributed by atoms with Gasteiger partial charge < -0.3 is 34.3 Å². The molecule has 3 saturated heterocycles. The minimum atomic E-state index is -0.991. The second-order valence-electron chi connectivity index (χ2n) is 15.9. The van der Waals surface area contributed by atoms with Crippen molar-refractivity contribution in [1.82, 2.24) is 24.7 Å². The number of hydrogen-bond acceptors (Lipinski definition) is 9. The predicted molar refractivity (Wildman–Crippen MR) is 205 cm³/mol. The number of aryl methyl sites for hydroxylation is 2. The maximum atomic E-state index is 14.2. The third-order valence-electron chi connectivity index (χ3n) is 10.9. The Bertz CT molecular complexity index is 1650. The first kappa shape index (κ1) is 39.6. The van der Waals surface area contributed by atoms with Crippen molar-refractivity contribution >= 4 is 41.5 Å². The second kappa shape index (κ2) is 17.2. The van der Waals surface area contributed by atoms with Gasteiger partial charge in [-0.25, -0.2) is 14.4 Å². The van der Waals surface area contributed by atoms with Crippen LogP contribution in [0.1, 0.15) is 68.7 Å². The molecule has 0 radical (unpaired) electrons. The van der Waals surface area contributed by atoms with Crippen molar-refractivity contribution in [2.75, 3.05) is 64.2 Å². The molecule has 3 fully saturated rings. The number of rotatable bonds is 7. The number of carbonyl (C=O) groups is 4. The number of nitrogens with one attached hydrogen (secondary N) is 1. The Balaban J connectivity index is 1.04. The molecule has 0 bridgehead atoms. The van der Waals surface area contributed by atoms with Gasteiger partial charge in [-0.05, 0) is 95.0 Å². The summed E-state index contributed by atoms with van der Waals surface area (Å²) in [4.78, 5) is 66.3. The minimum absolute atomic E-state index is 0.00239. The number of likely N-dealkylation sites (tertiary alicyclic amines) is 2. The lowest BCUT2D eigenvalue weighted by atomic mass is 9.99. The largest absolute Gasteiger partial charge is 0.528 e. The van der Waals surface area contributed by atoms with Crippen LogP contribution in [0.5, 0.6) is 0 Å². The van der Waals surface area contributed by atoms with Gasteiger partial charge in [-0.15, -0.1) is 5.06 Å². The van der Waals surface area contributed by atoms with Gasteiger partial charge >= 0.3 is 18.3 Å². The molecular weight excluding hydrogens is 712 g/mol. The van der Waals surface area contributed by atoms with E-state index in [1.54, 1.807) is 30.7 Å². The van der Waals surface area contributed by atoms with E-state index < -0.39 is 24.0 Å². The molecule has 0 aromatic heterocycles. The van der Waals surface area contributed by atoms with E-state index in [1.807, 2.05) is 60.0 Å². The van der Waals surface area contributed by atoms with E-state index in [2.05, 4.69) is 10.2 Å². The van der Waals surface area contributed by atoms with E-state index in [1.165, 1.54) is 0 Å². The molecule has 54 heavy (non-hydrogen) atoms. The molecule has 6 rings (SSSR count). The van der Waals surface area contributed by atoms with E-state index in [4.69, 9.17) is 25.9 Å². The Morgan fingerprint density at radius 1 is 0.852 bits per heavy atom. The molecule has 1 N–H and O–H groups in total. The summed E-state index contributed by atoms with van der Waals surface area (Å²) in [5.41, 5.74) is 4.04. The zero-order chi connectivity index (χ0) is 38.6. The number of anilines is 1. The number of ether oxygens (including phenoxy) is 2. The fourth-order valence-corrected chi connectivity index (χ4v) is 8.14. The summed E-state index contributed by atoms with van der Waals surface area (Å²) in [5.74, 6) is -0.196. The van der Waals surface area contributed by atoms with E-state index in [0.717, 1.165) is 60.3 Å². The SMILES string of the molecule is Cc1cc(C[C@@H](OC(=O)N2CCC(N3CCc4ccccc4NC3=O)CC2)C(=O)N2CCC(N3CCN(OC(=O)OC(C)(C)C)CC3)CC2)cc(C)c1Cl. The van der Waals surface area contributed by atoms with Crippen molar-refractivity contribution in [3.8, 4) is 0 Å². The number of para-hydroxylation sites is 1. The normalized spacial score (nSPS) is 20.1. The molecule has 294 valence electrons. The summed E-state index contributed by atoms with van der Waals surface area (Å²) in [6.07, 6.45) is 1.65. The third-order valence-corrected chi connectivity index (χ3v) is 11.5. The molecule has 4 aliphatic rings. The summed E-state index contributed by atoms with van der Waals surface area (Å²) >= 11 is 6.47. The van der Waals surface area contributed by atoms with Crippen LogP contribution < -0.4 is 5.32 Å². The lowest BCUT2D eigenvalue weighted by molar-refractivity contribution is -0.162. The van der Waals surface area contributed by atoms with Gasteiger partial charge in [0.05, 0.1) is 0 Å². The van der Waals surface area contributed by atoms with Crippen LogP contribution >= 0.6 is 11.6 Å². The van der Waals surface area contributed by atoms with Gasteiger partial charge in [-0.2, -0.15) is 0 Å². The Hall–Kier alpha value is -4.07. The van der Waals surface area contributed by atoms with Crippen molar-refractivity contribution in [2.45, 2.75) is 96.9 Å². The third kappa shape index (κ3) is 9.96. The number of piperidine rings is 2. The van der Waals surface area contributed by atoms with Gasteiger partial charge in [-0.1, -0.05) is 41.9 Å². The summed E-state index contributed by atoms with van der Waals surface area (Å²) in [6.45, 7) is 14.5. The molecule has 0 spiro atoms. The Morgan fingerprint density at radius 2 is 1.46 bits per heavy atom. The van der Waals surface area contributed by atoms with E-state index in [0.29, 0.717) is 69.7 Å². The highest BCUT2D eigenvalue weighted by Crippen LogP contribution is 2.27. The molecule has 4 amide bonds. The molecule has 1 atom stereocenters. The van der Waals surface area contributed by atoms with E-state index in [-0.39, 0.29) is 24.4 Å². The number of nitrogens with zero attached hydrogens (tertiary/aromatic N) is 5. The van der Waals surface area contributed by atoms with Crippen LogP contribution in [0.15, 0.2) is 36.4 Å². The quantitative estimate of drug-likeness (QED) is 0.337. The van der Waals surface area contributed by atoms with Crippen molar-refractivity contribution in [3.05, 3.63) is 63.7 Å². The van der Waals surface area contributed by atoms with Gasteiger partial charge in [0.25, 0.3) is 5.91 Å². The minimum Gasteiger partial charge on any atom is -0.436 e. The van der Waals surface area contributed by atoms with Crippen LogP contribution in [0.2, 0.25) is 5.02 Å². The second-order valence-corrected chi connectivity index (χ2v) is 16.3. The molecular formula is C40H55ClN6O7. The van der Waals surface area contributed by atoms with Crippen LogP contribution in [0.25, 0.3) is 0 Å². The highest BCUT2D eigenvalue weighted by atomic mass is 35.5. The molecule has 0 unspecified atom stereocenters. The standard InChI is InChI=1S/C40H55ClN6O7/c1-27-24-29(25-28(2)35(27)41)26-34(36(48)44-15-11-31(12-16-44)43-20-22-46(23-21-43)54-39(51)53-40(3,4)5)52-38(50)45-17-13-32(14-18-45)47-19-10-30-8-6-7-9-33(30)42-37(47)49/h6-9,24-25,31-32,34H,10-23,26H2,1-5H3,(H,42,49)/t34-/m1/s1. The highest BCUT2D eigenvalue weighted by Gasteiger charge is 2.37. The number of benzene rings is 2. The van der Waals surface area contributed by atoms with Crippen molar-refractivity contribution in [2.24, 2.45) is 0 Å². The molecule has 14 heteroatoms. The molecule has 4 aliphatic heterocycles. The Labute approximate surface area is 323 Å². The van der Waals surface area contributed by atoms with Crippen molar-refractivity contribution in [1.29, 1.82) is 0 Å². The number of hydrogen-bond donors (Lipinski definition) is 1. The number of halogens is 1. The van der Waals surface area contributed by atoms with Crippen LogP contribution in [0, 0.1) is 13.8 Å². The summed E-state index contributed by atoms with van der Waals surface area (Å²) in [7, 11) is 0. The topological polar surface area (TPSA) is 124 Å². The monoisotopic (exact) mass is 766 g/mol. The van der Waals surface area contributed by atoms with Gasteiger partial charge in [0.2, 0.25) is 0 Å². The van der Waals surface area contributed by atoms with Crippen LogP contribution in [0.4, 0.5) is 20.1 Å². The first-order valence-electron chi connectivity index (χ1n) is 19.3. The van der Waals surface area contributed by atoms with Gasteiger partial charge in [0.1, 0.15) is 5.60 Å².